The van der Waals surface area contributed by atoms with Gasteiger partial charge in [0.25, 0.3) is 0 Å². The number of hydrogen-bond donors (Lipinski definition) is 2. The van der Waals surface area contributed by atoms with Crippen LogP contribution in [0.3, 0.4) is 0 Å². The summed E-state index contributed by atoms with van der Waals surface area (Å²) in [7, 11) is 7.13. The molecular weight excluding hydrogens is 652 g/mol. The maximum atomic E-state index is 12.6. The summed E-state index contributed by atoms with van der Waals surface area (Å²) in [6.07, 6.45) is 34.9. The van der Waals surface area contributed by atoms with Crippen LogP contribution in [0.15, 0.2) is 0 Å². The van der Waals surface area contributed by atoms with E-state index in [-0.39, 0.29) is 25.2 Å². The zero-order chi connectivity index (χ0) is 38.8. The van der Waals surface area contributed by atoms with Gasteiger partial charge in [0.2, 0.25) is 12.1 Å². The molecule has 8 nitrogen and oxygen atoms in total. The van der Waals surface area contributed by atoms with E-state index in [1.807, 2.05) is 0 Å². The molecule has 8 heteroatoms. The molecule has 0 aromatic carbocycles. The minimum Gasteiger partial charge on any atom is -0.465 e. The fourth-order valence-electron chi connectivity index (χ4n) is 8.10. The molecule has 52 heavy (non-hydrogen) atoms. The summed E-state index contributed by atoms with van der Waals surface area (Å²) in [5, 5.41) is 20.3. The van der Waals surface area contributed by atoms with Gasteiger partial charge in [0.1, 0.15) is 13.2 Å². The lowest BCUT2D eigenvalue weighted by atomic mass is 10.0. The third kappa shape index (κ3) is 24.2. The Hall–Kier alpha value is -1.22. The number of methoxy groups -OCH3 is 2. The second kappa shape index (κ2) is 34.3. The maximum Gasteiger partial charge on any atom is 0.367 e. The molecule has 0 aromatic heterocycles. The van der Waals surface area contributed by atoms with E-state index >= 15 is 0 Å². The van der Waals surface area contributed by atoms with Crippen LogP contribution in [0.25, 0.3) is 0 Å². The van der Waals surface area contributed by atoms with Gasteiger partial charge >= 0.3 is 11.9 Å². The number of aliphatic hydroxyl groups is 2. The molecule has 0 rings (SSSR count). The average Bonchev–Trinajstić information content (AvgIpc) is 3.14. The van der Waals surface area contributed by atoms with Gasteiger partial charge in [-0.3, -0.25) is 0 Å². The molecule has 310 valence electrons. The van der Waals surface area contributed by atoms with E-state index in [0.717, 1.165) is 64.7 Å². The summed E-state index contributed by atoms with van der Waals surface area (Å²) in [6.45, 7) is 7.77. The molecule has 0 saturated heterocycles. The Kier molecular flexibility index (Phi) is 33.5. The van der Waals surface area contributed by atoms with E-state index in [9.17, 15) is 19.8 Å². The molecule has 4 atom stereocenters. The van der Waals surface area contributed by atoms with E-state index in [2.05, 4.69) is 27.9 Å². The number of carbonyl (C=O) groups excluding carboxylic acids is 2. The van der Waals surface area contributed by atoms with E-state index < -0.39 is 12.1 Å². The highest BCUT2D eigenvalue weighted by Crippen LogP contribution is 2.21. The highest BCUT2D eigenvalue weighted by Gasteiger charge is 2.39. The van der Waals surface area contributed by atoms with Gasteiger partial charge < -0.3 is 28.7 Å². The zero-order valence-electron chi connectivity index (χ0n) is 35.6. The second-order valence-electron chi connectivity index (χ2n) is 16.5. The lowest BCUT2D eigenvalue weighted by Crippen LogP contribution is -2.58. The van der Waals surface area contributed by atoms with Gasteiger partial charge in [0, 0.05) is 0 Å². The highest BCUT2D eigenvalue weighted by molar-refractivity contribution is 5.74. The Morgan fingerprint density at radius 3 is 0.769 bits per heavy atom. The Balaban J connectivity index is 4.54. The van der Waals surface area contributed by atoms with Crippen molar-refractivity contribution < 1.29 is 38.2 Å². The van der Waals surface area contributed by atoms with Crippen LogP contribution in [-0.2, 0) is 19.1 Å². The largest absolute Gasteiger partial charge is 0.465 e. The monoisotopic (exact) mass is 743 g/mol. The molecule has 0 radical (unpaired) electrons. The van der Waals surface area contributed by atoms with Crippen LogP contribution in [0.4, 0.5) is 0 Å². The van der Waals surface area contributed by atoms with Crippen LogP contribution in [0.5, 0.6) is 0 Å². The normalized spacial score (nSPS) is 15.2. The van der Waals surface area contributed by atoms with Gasteiger partial charge in [-0.2, -0.15) is 0 Å². The summed E-state index contributed by atoms with van der Waals surface area (Å²) in [4.78, 5) is 25.2. The van der Waals surface area contributed by atoms with E-state index in [1.54, 1.807) is 0 Å². The predicted molar refractivity (Wildman–Crippen MR) is 218 cm³/mol. The third-order valence-electron chi connectivity index (χ3n) is 11.9. The molecule has 2 unspecified atom stereocenters. The first kappa shape index (κ1) is 50.8. The SMILES string of the molecule is CCCCCCCCCCCC[N+](C)(CCCCCCCCCC[N+](C)(CCCCCCCCCCCC)[C@@H](CO)C(=O)OC)[C@@H](CO)C(=O)OC. The van der Waals surface area contributed by atoms with Crippen LogP contribution in [0.1, 0.15) is 194 Å². The molecular formula is C44H90N2O6+2. The van der Waals surface area contributed by atoms with Crippen molar-refractivity contribution in [2.45, 2.75) is 206 Å². The van der Waals surface area contributed by atoms with Gasteiger partial charge in [-0.15, -0.1) is 0 Å². The van der Waals surface area contributed by atoms with Gasteiger partial charge in [0.05, 0.1) is 54.5 Å². The molecule has 0 fully saturated rings. The van der Waals surface area contributed by atoms with E-state index in [1.165, 1.54) is 155 Å². The van der Waals surface area contributed by atoms with Gasteiger partial charge in [-0.1, -0.05) is 142 Å². The Morgan fingerprint density at radius 1 is 0.404 bits per heavy atom. The number of carbonyl (C=O) groups is 2. The topological polar surface area (TPSA) is 93.1 Å². The number of aliphatic hydroxyl groups excluding tert-OH is 2. The first-order valence-electron chi connectivity index (χ1n) is 22.2. The highest BCUT2D eigenvalue weighted by atomic mass is 16.5. The van der Waals surface area contributed by atoms with E-state index in [0.29, 0.717) is 8.97 Å². The predicted octanol–water partition coefficient (Wildman–Crippen LogP) is 9.91. The molecule has 0 bridgehead atoms. The molecule has 0 aliphatic heterocycles. The van der Waals surface area contributed by atoms with Crippen molar-refractivity contribution in [2.24, 2.45) is 0 Å². The standard InChI is InChI=1S/C44H90N2O6/c1-7-9-11-13-15-17-19-23-27-31-35-45(3,41(39-47)43(49)51-5)37-33-29-25-21-22-26-30-34-38-46(4,42(40-48)44(50)52-6)36-32-28-24-20-18-16-14-12-10-8-2/h41-42,47-48H,7-40H2,1-6H3/q+2/t41-,42-,45?,46?/m0/s1. The summed E-state index contributed by atoms with van der Waals surface area (Å²) in [5.41, 5.74) is 0. The summed E-state index contributed by atoms with van der Waals surface area (Å²) in [6, 6.07) is -1.02. The molecule has 0 aromatic rings. The zero-order valence-corrected chi connectivity index (χ0v) is 35.6. The third-order valence-corrected chi connectivity index (χ3v) is 11.9. The maximum absolute atomic E-state index is 12.6. The number of rotatable bonds is 39. The Labute approximate surface area is 323 Å². The number of nitrogens with zero attached hydrogens (tertiary/aromatic N) is 2. The first-order chi connectivity index (χ1) is 25.2. The minimum absolute atomic E-state index is 0.170. The Bertz CT molecular complexity index is 763. The minimum atomic E-state index is -0.512. The molecule has 0 aliphatic rings. The first-order valence-corrected chi connectivity index (χ1v) is 22.2. The smallest absolute Gasteiger partial charge is 0.367 e. The molecule has 0 spiro atoms. The summed E-state index contributed by atoms with van der Waals surface area (Å²) in [5.74, 6) is -0.598. The van der Waals surface area contributed by atoms with Gasteiger partial charge in [0.15, 0.2) is 0 Å². The van der Waals surface area contributed by atoms with Gasteiger partial charge in [-0.05, 0) is 51.4 Å². The van der Waals surface area contributed by atoms with Crippen molar-refractivity contribution in [3.8, 4) is 0 Å². The van der Waals surface area contributed by atoms with Crippen molar-refractivity contribution in [1.29, 1.82) is 0 Å². The van der Waals surface area contributed by atoms with Crippen molar-refractivity contribution in [3.05, 3.63) is 0 Å². The van der Waals surface area contributed by atoms with Crippen LogP contribution < -0.4 is 0 Å². The van der Waals surface area contributed by atoms with Crippen molar-refractivity contribution in [3.63, 3.8) is 0 Å². The van der Waals surface area contributed by atoms with Crippen LogP contribution in [0, 0.1) is 0 Å². The number of unbranched alkanes of at least 4 members (excludes halogenated alkanes) is 25. The molecule has 0 heterocycles. The number of quaternary nitrogens is 2. The fraction of sp³-hybridized carbons (Fsp3) is 0.955. The van der Waals surface area contributed by atoms with Crippen molar-refractivity contribution in [2.75, 3.05) is 67.7 Å². The van der Waals surface area contributed by atoms with Crippen LogP contribution in [0.2, 0.25) is 0 Å². The van der Waals surface area contributed by atoms with Gasteiger partial charge in [-0.25, -0.2) is 9.59 Å². The van der Waals surface area contributed by atoms with Crippen LogP contribution >= 0.6 is 0 Å². The summed E-state index contributed by atoms with van der Waals surface area (Å²) >= 11 is 0. The number of hydrogen-bond acceptors (Lipinski definition) is 6. The molecule has 0 aliphatic carbocycles. The Morgan fingerprint density at radius 2 is 0.596 bits per heavy atom. The summed E-state index contributed by atoms with van der Waals surface area (Å²) < 4.78 is 11.3. The quantitative estimate of drug-likeness (QED) is 0.0370. The molecule has 0 saturated carbocycles. The fourth-order valence-corrected chi connectivity index (χ4v) is 8.10. The number of likely N-dealkylation sites (N-methyl/N-ethyl adjacent to an activating group) is 2. The second-order valence-corrected chi connectivity index (χ2v) is 16.5. The van der Waals surface area contributed by atoms with Crippen LogP contribution in [-0.4, -0.2) is 111 Å². The molecule has 0 amide bonds. The number of ether oxygens (including phenoxy) is 2. The van der Waals surface area contributed by atoms with Crippen molar-refractivity contribution >= 4 is 11.9 Å². The lowest BCUT2D eigenvalue weighted by molar-refractivity contribution is -0.926. The van der Waals surface area contributed by atoms with Crippen molar-refractivity contribution in [1.82, 2.24) is 0 Å². The average molecular weight is 743 g/mol. The molecule has 2 N–H and O–H groups in total. The number of esters is 2. The van der Waals surface area contributed by atoms with E-state index in [4.69, 9.17) is 9.47 Å². The lowest BCUT2D eigenvalue weighted by Gasteiger charge is -2.39.